The van der Waals surface area contributed by atoms with Gasteiger partial charge in [-0.05, 0) is 24.6 Å². The Kier molecular flexibility index (Phi) is 3.62. The average molecular weight is 293 g/mol. The van der Waals surface area contributed by atoms with Crippen LogP contribution in [0.15, 0.2) is 59.4 Å². The van der Waals surface area contributed by atoms with E-state index in [2.05, 4.69) is 15.3 Å². The fourth-order valence-corrected chi connectivity index (χ4v) is 2.16. The molecule has 0 aliphatic carbocycles. The molecule has 0 amide bonds. The van der Waals surface area contributed by atoms with Crippen LogP contribution in [0.1, 0.15) is 5.56 Å². The predicted octanol–water partition coefficient (Wildman–Crippen LogP) is 3.19. The lowest BCUT2D eigenvalue weighted by molar-refractivity contribution is 0.454. The third-order valence-electron chi connectivity index (χ3n) is 3.28. The second kappa shape index (κ2) is 5.73. The predicted molar refractivity (Wildman–Crippen MR) is 86.4 cm³/mol. The standard InChI is InChI=1S/C17H15N3O2/c1-11-7-9-12(10-8-11)14-15(21)19-17(20-16(14)22)18-13-5-3-2-4-6-13/h2-10H,1H3,(H3,18,19,20,21,22). The highest BCUT2D eigenvalue weighted by molar-refractivity contribution is 5.68. The second-order valence-electron chi connectivity index (χ2n) is 4.97. The summed E-state index contributed by atoms with van der Waals surface area (Å²) in [4.78, 5) is 18.9. The van der Waals surface area contributed by atoms with Crippen LogP contribution in [-0.4, -0.2) is 15.1 Å². The van der Waals surface area contributed by atoms with Crippen molar-refractivity contribution in [2.24, 2.45) is 0 Å². The zero-order valence-electron chi connectivity index (χ0n) is 12.0. The summed E-state index contributed by atoms with van der Waals surface area (Å²) < 4.78 is 0. The van der Waals surface area contributed by atoms with Crippen LogP contribution in [0.4, 0.5) is 11.6 Å². The Hall–Kier alpha value is -3.08. The average Bonchev–Trinajstić information content (AvgIpc) is 2.49. The minimum atomic E-state index is -0.394. The van der Waals surface area contributed by atoms with Gasteiger partial charge in [-0.25, -0.2) is 0 Å². The van der Waals surface area contributed by atoms with Crippen molar-refractivity contribution in [3.8, 4) is 17.0 Å². The fourth-order valence-electron chi connectivity index (χ4n) is 2.16. The SMILES string of the molecule is Cc1ccc(-c2c(O)nc(Nc3ccccc3)[nH]c2=O)cc1. The molecule has 0 saturated carbocycles. The molecule has 3 aromatic rings. The highest BCUT2D eigenvalue weighted by atomic mass is 16.3. The first kappa shape index (κ1) is 13.9. The van der Waals surface area contributed by atoms with Crippen LogP contribution in [0, 0.1) is 6.92 Å². The van der Waals surface area contributed by atoms with Gasteiger partial charge >= 0.3 is 0 Å². The number of aromatic amines is 1. The maximum absolute atomic E-state index is 12.2. The Morgan fingerprint density at radius 1 is 1.05 bits per heavy atom. The number of nitrogens with one attached hydrogen (secondary N) is 2. The summed E-state index contributed by atoms with van der Waals surface area (Å²) >= 11 is 0. The molecule has 0 atom stereocenters. The van der Waals surface area contributed by atoms with Crippen molar-refractivity contribution in [2.75, 3.05) is 5.32 Å². The third kappa shape index (κ3) is 2.83. The number of hydrogen-bond acceptors (Lipinski definition) is 4. The number of rotatable bonds is 3. The second-order valence-corrected chi connectivity index (χ2v) is 4.97. The molecule has 5 heteroatoms. The summed E-state index contributed by atoms with van der Waals surface area (Å²) in [7, 11) is 0. The van der Waals surface area contributed by atoms with Crippen molar-refractivity contribution < 1.29 is 5.11 Å². The molecular weight excluding hydrogens is 278 g/mol. The van der Waals surface area contributed by atoms with Gasteiger partial charge in [0, 0.05) is 5.69 Å². The van der Waals surface area contributed by atoms with E-state index < -0.39 is 5.56 Å². The number of nitrogens with zero attached hydrogens (tertiary/aromatic N) is 1. The Bertz CT molecular complexity index is 840. The maximum Gasteiger partial charge on any atom is 0.264 e. The van der Waals surface area contributed by atoms with Crippen LogP contribution in [0.3, 0.4) is 0 Å². The molecule has 0 fully saturated rings. The quantitative estimate of drug-likeness (QED) is 0.693. The Morgan fingerprint density at radius 3 is 2.36 bits per heavy atom. The number of aryl methyl sites for hydroxylation is 1. The molecule has 0 radical (unpaired) electrons. The first-order valence-electron chi connectivity index (χ1n) is 6.86. The van der Waals surface area contributed by atoms with Gasteiger partial charge in [0.2, 0.25) is 11.8 Å². The van der Waals surface area contributed by atoms with Gasteiger partial charge in [0.1, 0.15) is 5.56 Å². The van der Waals surface area contributed by atoms with Gasteiger partial charge in [0.15, 0.2) is 0 Å². The molecule has 0 spiro atoms. The molecule has 22 heavy (non-hydrogen) atoms. The van der Waals surface area contributed by atoms with Crippen molar-refractivity contribution in [2.45, 2.75) is 6.92 Å². The van der Waals surface area contributed by atoms with E-state index in [1.54, 1.807) is 12.1 Å². The zero-order valence-corrected chi connectivity index (χ0v) is 12.0. The molecule has 1 aromatic heterocycles. The Labute approximate surface area is 127 Å². The highest BCUT2D eigenvalue weighted by Crippen LogP contribution is 2.25. The summed E-state index contributed by atoms with van der Waals surface area (Å²) in [5.74, 6) is -0.101. The van der Waals surface area contributed by atoms with Crippen LogP contribution >= 0.6 is 0 Å². The molecule has 5 nitrogen and oxygen atoms in total. The molecule has 0 saturated heterocycles. The van der Waals surface area contributed by atoms with E-state index in [9.17, 15) is 9.90 Å². The normalized spacial score (nSPS) is 10.4. The zero-order chi connectivity index (χ0) is 15.5. The first-order chi connectivity index (χ1) is 10.6. The molecular formula is C17H15N3O2. The van der Waals surface area contributed by atoms with E-state index >= 15 is 0 Å². The minimum Gasteiger partial charge on any atom is -0.493 e. The monoisotopic (exact) mass is 293 g/mol. The van der Waals surface area contributed by atoms with Gasteiger partial charge in [-0.2, -0.15) is 4.98 Å². The van der Waals surface area contributed by atoms with E-state index in [0.717, 1.165) is 11.3 Å². The molecule has 0 bridgehead atoms. The number of aromatic nitrogens is 2. The van der Waals surface area contributed by atoms with Crippen molar-refractivity contribution in [1.29, 1.82) is 0 Å². The largest absolute Gasteiger partial charge is 0.493 e. The minimum absolute atomic E-state index is 0.165. The Balaban J connectivity index is 1.98. The van der Waals surface area contributed by atoms with Crippen LogP contribution in [-0.2, 0) is 0 Å². The first-order valence-corrected chi connectivity index (χ1v) is 6.86. The van der Waals surface area contributed by atoms with Crippen LogP contribution in [0.25, 0.3) is 11.1 Å². The van der Waals surface area contributed by atoms with E-state index in [1.807, 2.05) is 49.4 Å². The van der Waals surface area contributed by atoms with Gasteiger partial charge < -0.3 is 10.4 Å². The molecule has 0 aliphatic rings. The van der Waals surface area contributed by atoms with Crippen molar-refractivity contribution in [3.63, 3.8) is 0 Å². The summed E-state index contributed by atoms with van der Waals surface area (Å²) in [6, 6.07) is 16.6. The lowest BCUT2D eigenvalue weighted by Crippen LogP contribution is -2.13. The number of H-pyrrole nitrogens is 1. The smallest absolute Gasteiger partial charge is 0.264 e. The van der Waals surface area contributed by atoms with Crippen molar-refractivity contribution in [3.05, 3.63) is 70.5 Å². The summed E-state index contributed by atoms with van der Waals surface area (Å²) in [5.41, 5.74) is 2.25. The summed E-state index contributed by atoms with van der Waals surface area (Å²) in [5, 5.41) is 13.0. The Morgan fingerprint density at radius 2 is 1.73 bits per heavy atom. The molecule has 110 valence electrons. The number of hydrogen-bond donors (Lipinski definition) is 3. The van der Waals surface area contributed by atoms with Gasteiger partial charge in [-0.1, -0.05) is 48.0 Å². The number of benzene rings is 2. The van der Waals surface area contributed by atoms with Crippen LogP contribution in [0.2, 0.25) is 0 Å². The van der Waals surface area contributed by atoms with E-state index in [-0.39, 0.29) is 17.4 Å². The number of anilines is 2. The van der Waals surface area contributed by atoms with E-state index in [4.69, 9.17) is 0 Å². The van der Waals surface area contributed by atoms with Crippen molar-refractivity contribution in [1.82, 2.24) is 9.97 Å². The molecule has 3 N–H and O–H groups in total. The number of para-hydroxylation sites is 1. The van der Waals surface area contributed by atoms with Gasteiger partial charge in [-0.15, -0.1) is 0 Å². The van der Waals surface area contributed by atoms with Crippen molar-refractivity contribution >= 4 is 11.6 Å². The fraction of sp³-hybridized carbons (Fsp3) is 0.0588. The van der Waals surface area contributed by atoms with Gasteiger partial charge in [0.05, 0.1) is 0 Å². The van der Waals surface area contributed by atoms with Gasteiger partial charge in [0.25, 0.3) is 5.56 Å². The number of aromatic hydroxyl groups is 1. The molecule has 0 unspecified atom stereocenters. The lowest BCUT2D eigenvalue weighted by atomic mass is 10.1. The molecule has 3 rings (SSSR count). The lowest BCUT2D eigenvalue weighted by Gasteiger charge is -2.08. The van der Waals surface area contributed by atoms with E-state index in [1.165, 1.54) is 0 Å². The van der Waals surface area contributed by atoms with Crippen LogP contribution < -0.4 is 10.9 Å². The summed E-state index contributed by atoms with van der Waals surface area (Å²) in [6.45, 7) is 1.96. The molecule has 2 aromatic carbocycles. The molecule has 0 aliphatic heterocycles. The van der Waals surface area contributed by atoms with Crippen LogP contribution in [0.5, 0.6) is 5.88 Å². The van der Waals surface area contributed by atoms with E-state index in [0.29, 0.717) is 5.56 Å². The maximum atomic E-state index is 12.2. The van der Waals surface area contributed by atoms with Gasteiger partial charge in [-0.3, -0.25) is 9.78 Å². The topological polar surface area (TPSA) is 78.0 Å². The highest BCUT2D eigenvalue weighted by Gasteiger charge is 2.12. The molecule has 1 heterocycles. The summed E-state index contributed by atoms with van der Waals surface area (Å²) in [6.07, 6.45) is 0. The third-order valence-corrected chi connectivity index (χ3v) is 3.28.